The highest BCUT2D eigenvalue weighted by Crippen LogP contribution is 2.24. The van der Waals surface area contributed by atoms with Gasteiger partial charge in [0, 0.05) is 56.1 Å². The van der Waals surface area contributed by atoms with Crippen LogP contribution in [0.15, 0.2) is 75.8 Å². The summed E-state index contributed by atoms with van der Waals surface area (Å²) in [6.45, 7) is 14.0. The van der Waals surface area contributed by atoms with E-state index in [0.717, 1.165) is 10.9 Å². The van der Waals surface area contributed by atoms with E-state index in [2.05, 4.69) is 73.1 Å². The molecule has 0 saturated carbocycles. The van der Waals surface area contributed by atoms with Gasteiger partial charge in [0.25, 0.3) is 0 Å². The van der Waals surface area contributed by atoms with Crippen LogP contribution < -0.4 is 93.3 Å². The fraction of sp³-hybridized carbons (Fsp3) is 0.603. The Morgan fingerprint density at radius 1 is 0.514 bits per heavy atom. The van der Waals surface area contributed by atoms with Gasteiger partial charge in [0.05, 0.1) is 12.6 Å². The molecule has 0 spiro atoms. The van der Waals surface area contributed by atoms with Crippen molar-refractivity contribution in [3.63, 3.8) is 0 Å². The fourth-order valence-corrected chi connectivity index (χ4v) is 12.8. The average Bonchev–Trinajstić information content (AvgIpc) is 1.69. The van der Waals surface area contributed by atoms with Crippen molar-refractivity contribution in [2.45, 2.75) is 212 Å². The van der Waals surface area contributed by atoms with E-state index in [0.29, 0.717) is 29.7 Å². The molecule has 1 aliphatic rings. The molecule has 0 bridgehead atoms. The zero-order valence-corrected chi connectivity index (χ0v) is 65.0. The first-order valence-corrected chi connectivity index (χ1v) is 38.5. The number of nitrogens with zero attached hydrogens (tertiary/aromatic N) is 4. The number of likely N-dealkylation sites (tertiary alicyclic amines) is 1. The third-order valence-electron chi connectivity index (χ3n) is 17.9. The van der Waals surface area contributed by atoms with Gasteiger partial charge in [0.15, 0.2) is 17.9 Å². The van der Waals surface area contributed by atoms with Crippen LogP contribution in [0, 0.1) is 23.7 Å². The van der Waals surface area contributed by atoms with E-state index < -0.39 is 150 Å². The summed E-state index contributed by atoms with van der Waals surface area (Å²) in [4.78, 5) is 187. The lowest BCUT2D eigenvalue weighted by Gasteiger charge is -2.30. The minimum absolute atomic E-state index is 0.0310. The normalized spacial score (nSPS) is 15.4. The molecule has 11 amide bonds. The highest BCUT2D eigenvalue weighted by atomic mass is 32.2. The Kier molecular flexibility index (Phi) is 39.2. The van der Waals surface area contributed by atoms with Crippen molar-refractivity contribution >= 4 is 111 Å². The molecule has 2 heterocycles. The van der Waals surface area contributed by atoms with Gasteiger partial charge in [-0.25, -0.2) is 4.79 Å². The van der Waals surface area contributed by atoms with E-state index in [9.17, 15) is 62.6 Å². The predicted octanol–water partition coefficient (Wildman–Crippen LogP) is -1.46. The molecule has 1 aliphatic heterocycles. The van der Waals surface area contributed by atoms with Crippen LogP contribution in [0.2, 0.25) is 0 Å². The van der Waals surface area contributed by atoms with Gasteiger partial charge in [-0.1, -0.05) is 104 Å². The van der Waals surface area contributed by atoms with Crippen LogP contribution in [0.25, 0.3) is 10.9 Å². The van der Waals surface area contributed by atoms with Gasteiger partial charge in [-0.15, -0.1) is 0 Å². The lowest BCUT2D eigenvalue weighted by molar-refractivity contribution is -0.149. The number of hydrogen-bond donors (Lipinski definition) is 19. The van der Waals surface area contributed by atoms with Crippen molar-refractivity contribution in [1.82, 2.24) is 63.1 Å². The van der Waals surface area contributed by atoms with Crippen molar-refractivity contribution in [2.24, 2.45) is 78.8 Å². The smallest absolute Gasteiger partial charge is 0.326 e. The second kappa shape index (κ2) is 46.8. The lowest BCUT2D eigenvalue weighted by atomic mass is 9.97. The second-order valence-electron chi connectivity index (χ2n) is 28.9. The van der Waals surface area contributed by atoms with E-state index in [4.69, 9.17) is 40.1 Å². The van der Waals surface area contributed by atoms with Gasteiger partial charge >= 0.3 is 5.97 Å². The van der Waals surface area contributed by atoms with Crippen molar-refractivity contribution < 1.29 is 62.6 Å². The molecular formula is C73H118N22O13S. The maximum absolute atomic E-state index is 14.9. The maximum Gasteiger partial charge on any atom is 0.326 e. The number of para-hydroxylation sites is 1. The van der Waals surface area contributed by atoms with Gasteiger partial charge in [-0.05, 0) is 130 Å². The van der Waals surface area contributed by atoms with Gasteiger partial charge in [0.1, 0.15) is 60.4 Å². The summed E-state index contributed by atoms with van der Waals surface area (Å²) in [5.74, 6) is -10.8. The van der Waals surface area contributed by atoms with Crippen LogP contribution in [0.1, 0.15) is 144 Å². The number of carboxylic acids is 1. The number of hydrogen-bond acceptors (Lipinski definition) is 17. The van der Waals surface area contributed by atoms with Crippen LogP contribution in [-0.2, 0) is 70.4 Å². The topological polar surface area (TPSA) is 584 Å². The summed E-state index contributed by atoms with van der Waals surface area (Å²) in [6.07, 6.45) is 4.94. The molecule has 26 N–H and O–H groups in total. The predicted molar refractivity (Wildman–Crippen MR) is 419 cm³/mol. The molecule has 4 rings (SSSR count). The van der Waals surface area contributed by atoms with E-state index in [1.165, 1.54) is 16.7 Å². The number of amides is 11. The van der Waals surface area contributed by atoms with Gasteiger partial charge < -0.3 is 108 Å². The summed E-state index contributed by atoms with van der Waals surface area (Å²) in [5.41, 5.74) is 41.6. The first-order valence-electron chi connectivity index (χ1n) is 37.1. The number of fused-ring (bicyclic) bond motifs is 1. The van der Waals surface area contributed by atoms with Crippen LogP contribution in [0.3, 0.4) is 0 Å². The Balaban J connectivity index is 1.59. The summed E-state index contributed by atoms with van der Waals surface area (Å²) in [7, 11) is 0. The van der Waals surface area contributed by atoms with Crippen LogP contribution in [0.4, 0.5) is 0 Å². The number of guanidine groups is 3. The van der Waals surface area contributed by atoms with Crippen LogP contribution >= 0.6 is 11.8 Å². The molecule has 3 aromatic rings. The third-order valence-corrected chi connectivity index (χ3v) is 18.5. The molecule has 0 unspecified atom stereocenters. The zero-order valence-electron chi connectivity index (χ0n) is 64.2. The number of thioether (sulfide) groups is 1. The number of aromatic nitrogens is 1. The van der Waals surface area contributed by atoms with Crippen molar-refractivity contribution in [3.05, 3.63) is 71.9 Å². The summed E-state index contributed by atoms with van der Waals surface area (Å²) in [6, 6.07) is 2.13. The molecule has 0 aliphatic carbocycles. The Hall–Kier alpha value is -10.3. The Labute approximate surface area is 641 Å². The number of carbonyl (C=O) groups is 12. The molecule has 36 heteroatoms. The van der Waals surface area contributed by atoms with Crippen molar-refractivity contribution in [1.29, 1.82) is 0 Å². The molecule has 1 saturated heterocycles. The van der Waals surface area contributed by atoms with E-state index in [1.807, 2.05) is 38.1 Å². The fourth-order valence-electron chi connectivity index (χ4n) is 12.3. The molecule has 1 aromatic heterocycles. The number of carbonyl (C=O) groups excluding carboxylic acids is 11. The first-order chi connectivity index (χ1) is 51.6. The molecule has 35 nitrogen and oxygen atoms in total. The number of aromatic amines is 1. The lowest BCUT2D eigenvalue weighted by Crippen LogP contribution is -2.61. The number of rotatable bonds is 48. The van der Waals surface area contributed by atoms with E-state index in [-0.39, 0.29) is 139 Å². The van der Waals surface area contributed by atoms with Gasteiger partial charge in [-0.2, -0.15) is 11.8 Å². The summed E-state index contributed by atoms with van der Waals surface area (Å²) < 4.78 is 0. The van der Waals surface area contributed by atoms with Crippen LogP contribution in [-0.4, -0.2) is 215 Å². The molecule has 109 heavy (non-hydrogen) atoms. The van der Waals surface area contributed by atoms with E-state index in [1.54, 1.807) is 84.3 Å². The third kappa shape index (κ3) is 32.6. The molecule has 2 aromatic carbocycles. The molecule has 604 valence electrons. The molecular weight excluding hydrogens is 1430 g/mol. The molecule has 1 fully saturated rings. The maximum atomic E-state index is 14.9. The van der Waals surface area contributed by atoms with Crippen molar-refractivity contribution in [3.8, 4) is 0 Å². The molecule has 11 atom stereocenters. The first kappa shape index (κ1) is 91.1. The van der Waals surface area contributed by atoms with Gasteiger partial charge in [0.2, 0.25) is 65.0 Å². The monoisotopic (exact) mass is 1540 g/mol. The Morgan fingerprint density at radius 2 is 0.954 bits per heavy atom. The summed E-state index contributed by atoms with van der Waals surface area (Å²) >= 11 is 1.39. The van der Waals surface area contributed by atoms with Crippen molar-refractivity contribution in [2.75, 3.05) is 44.7 Å². The highest BCUT2D eigenvalue weighted by molar-refractivity contribution is 7.98. The number of carboxylic acid groups (broad SMARTS) is 1. The zero-order chi connectivity index (χ0) is 81.0. The standard InChI is InChI=1S/C73H118N22O13S/c1-40(2)33-47(74)60(97)87-50(24-16-29-82-72(77)78)63(100)89-52(27-32-109-9)61(98)85-39-58(96)86-49(23-15-28-81-71(75)76)62(99)90-53(34-41(3)4)65(102)91-54(35-42(5)6)67(104)94-59(43(7)8)68(105)92-55(36-44-19-11-10-12-20-44)66(103)88-51(25-17-30-83-73(79)80)64(101)93-56(69(106)95-31-18-26-57(95)70(107)108)37-45-38-84-48-22-14-13-21-46(45)48/h10-14,19-22,38,40-43,47,49-57,59,84H,15-18,23-37,39,74H2,1-9H3,(H,85,98)(H,86,96)(H,87,97)(H,88,103)(H,89,100)(H,90,99)(H,91,102)(H,92,105)(H,93,101)(H,94,104)(H,107,108)(H4,75,76,81)(H4,77,78,82)(H4,79,80,83)/t47-,49-,50-,51-,52-,53-,54-,55-,56-,57-,59-/m0/s1. The Morgan fingerprint density at radius 3 is 1.45 bits per heavy atom. The number of aliphatic imine (C=N–C) groups is 3. The summed E-state index contributed by atoms with van der Waals surface area (Å²) in [5, 5.41) is 38.2. The quantitative estimate of drug-likeness (QED) is 0.0175. The Bertz CT molecular complexity index is 3600. The number of benzene rings is 2. The SMILES string of the molecule is CSCC[C@H](NC(=O)[C@H](CCCN=C(N)N)NC(=O)[C@@H](N)CC(C)C)C(=O)NCC(=O)N[C@@H](CCCN=C(N)N)C(=O)N[C@@H](CC(C)C)C(=O)N[C@@H](CC(C)C)C(=O)N[C@H](C(=O)N[C@@H](Cc1ccccc1)C(=O)N[C@@H](CCCN=C(N)N)C(=O)N[C@@H](Cc1c[nH]c2ccccc12)C(=O)N1CCC[C@H]1C(=O)O)C(C)C. The largest absolute Gasteiger partial charge is 0.480 e. The average molecular weight is 1540 g/mol. The van der Waals surface area contributed by atoms with E-state index >= 15 is 0 Å². The number of H-pyrrole nitrogens is 1. The number of aliphatic carboxylic acids is 1. The molecule has 0 radical (unpaired) electrons. The number of nitrogens with two attached hydrogens (primary N) is 7. The highest BCUT2D eigenvalue weighted by Gasteiger charge is 2.41. The minimum Gasteiger partial charge on any atom is -0.480 e. The van der Waals surface area contributed by atoms with Crippen LogP contribution in [0.5, 0.6) is 0 Å². The number of nitrogens with one attached hydrogen (secondary N) is 11. The van der Waals surface area contributed by atoms with Gasteiger partial charge in [-0.3, -0.25) is 67.7 Å². The second-order valence-corrected chi connectivity index (χ2v) is 29.9. The minimum atomic E-state index is -1.42.